The van der Waals surface area contributed by atoms with E-state index in [1.54, 1.807) is 6.92 Å². The summed E-state index contributed by atoms with van der Waals surface area (Å²) in [7, 11) is 0.889. The molecule has 196 valence electrons. The summed E-state index contributed by atoms with van der Waals surface area (Å²) in [5, 5.41) is 18.9. The molecule has 12 heteroatoms. The third-order valence-electron chi connectivity index (χ3n) is 4.32. The Morgan fingerprint density at radius 2 is 1.50 bits per heavy atom. The van der Waals surface area contributed by atoms with Gasteiger partial charge in [0, 0.05) is 22.2 Å². The predicted molar refractivity (Wildman–Crippen MR) is 121 cm³/mol. The summed E-state index contributed by atoms with van der Waals surface area (Å²) in [5.74, 6) is -5.26. The molecule has 6 nitrogen and oxygen atoms in total. The van der Waals surface area contributed by atoms with Crippen LogP contribution in [0.15, 0.2) is 60.8 Å². The highest BCUT2D eigenvalue weighted by Gasteiger charge is 2.44. The van der Waals surface area contributed by atoms with Crippen LogP contribution in [-0.4, -0.2) is 28.4 Å². The minimum Gasteiger partial charge on any atom is -0.406 e. The molecular weight excluding hydrogens is 494 g/mol. The number of pyridine rings is 1. The van der Waals surface area contributed by atoms with Gasteiger partial charge in [-0.1, -0.05) is 44.2 Å². The van der Waals surface area contributed by atoms with E-state index >= 15 is 0 Å². The highest BCUT2D eigenvalue weighted by molar-refractivity contribution is 5.63. The maximum Gasteiger partial charge on any atom is 0.573 e. The molecule has 0 aliphatic carbocycles. The van der Waals surface area contributed by atoms with Crippen molar-refractivity contribution >= 4 is 0 Å². The summed E-state index contributed by atoms with van der Waals surface area (Å²) in [6, 6.07) is 10.5. The highest BCUT2D eigenvalue weighted by Crippen LogP contribution is 2.41. The normalized spacial score (nSPS) is 11.9. The van der Waals surface area contributed by atoms with Gasteiger partial charge in [0.25, 0.3) is 0 Å². The van der Waals surface area contributed by atoms with E-state index in [1.165, 1.54) is 24.3 Å². The molecule has 0 spiro atoms. The summed E-state index contributed by atoms with van der Waals surface area (Å²) < 4.78 is 83.7. The Balaban J connectivity index is 0.000000982. The molecule has 2 aromatic carbocycles. The van der Waals surface area contributed by atoms with Crippen LogP contribution < -0.4 is 4.74 Å². The number of hydrogen-bond acceptors (Lipinski definition) is 5. The van der Waals surface area contributed by atoms with Crippen LogP contribution in [0.4, 0.5) is 26.3 Å². The van der Waals surface area contributed by atoms with Crippen LogP contribution in [0, 0.1) is 22.9 Å². The zero-order valence-corrected chi connectivity index (χ0v) is 19.7. The van der Waals surface area contributed by atoms with Crippen molar-refractivity contribution in [2.24, 2.45) is 0 Å². The summed E-state index contributed by atoms with van der Waals surface area (Å²) >= 11 is 0. The second kappa shape index (κ2) is 12.9. The van der Waals surface area contributed by atoms with Gasteiger partial charge in [-0.3, -0.25) is 15.1 Å². The van der Waals surface area contributed by atoms with Crippen molar-refractivity contribution in [3.8, 4) is 16.9 Å². The van der Waals surface area contributed by atoms with Crippen LogP contribution in [-0.2, 0) is 5.92 Å². The van der Waals surface area contributed by atoms with Gasteiger partial charge in [0.2, 0.25) is 0 Å². The molecule has 0 saturated carbocycles. The molecule has 0 saturated heterocycles. The maximum atomic E-state index is 14.7. The molecule has 36 heavy (non-hydrogen) atoms. The van der Waals surface area contributed by atoms with Gasteiger partial charge in [0.05, 0.1) is 0 Å². The van der Waals surface area contributed by atoms with Crippen molar-refractivity contribution in [2.75, 3.05) is 7.05 Å². The number of aliphatic hydroxyl groups is 1. The molecule has 0 amide bonds. The fourth-order valence-corrected chi connectivity index (χ4v) is 2.80. The topological polar surface area (TPSA) is 85.5 Å². The summed E-state index contributed by atoms with van der Waals surface area (Å²) in [6.45, 7) is 5.58. The average Bonchev–Trinajstić information content (AvgIpc) is 2.79. The molecule has 1 heterocycles. The Kier molecular flexibility index (Phi) is 10.9. The van der Waals surface area contributed by atoms with E-state index in [2.05, 4.69) is 9.72 Å². The van der Waals surface area contributed by atoms with Gasteiger partial charge in [0.15, 0.2) is 13.2 Å². The lowest BCUT2D eigenvalue weighted by atomic mass is 9.98. The molecule has 0 fully saturated rings. The lowest BCUT2D eigenvalue weighted by Crippen LogP contribution is -2.25. The van der Waals surface area contributed by atoms with E-state index in [0.717, 1.165) is 43.6 Å². The van der Waals surface area contributed by atoms with Crippen molar-refractivity contribution in [1.82, 2.24) is 4.98 Å². The van der Waals surface area contributed by atoms with Gasteiger partial charge in [-0.2, -0.15) is 8.78 Å². The number of alkyl halides is 5. The lowest BCUT2D eigenvalue weighted by Gasteiger charge is -2.23. The van der Waals surface area contributed by atoms with E-state index in [4.69, 9.17) is 10.1 Å². The fourth-order valence-electron chi connectivity index (χ4n) is 2.80. The first kappa shape index (κ1) is 30.4. The van der Waals surface area contributed by atoms with E-state index < -0.39 is 46.1 Å². The number of aryl methyl sites for hydroxylation is 1. The number of nitrogens with zero attached hydrogens (tertiary/aromatic N) is 2. The summed E-state index contributed by atoms with van der Waals surface area (Å²) in [4.78, 5) is 12.0. The van der Waals surface area contributed by atoms with Crippen molar-refractivity contribution in [2.45, 2.75) is 39.2 Å². The highest BCUT2D eigenvalue weighted by atomic mass is 19.4. The second-order valence-corrected chi connectivity index (χ2v) is 6.99. The molecular formula is C24H24F6N2O4. The first-order chi connectivity index (χ1) is 16.7. The van der Waals surface area contributed by atoms with Gasteiger partial charge in [-0.05, 0) is 42.3 Å². The molecule has 0 aliphatic heterocycles. The Labute approximate surface area is 203 Å². The Morgan fingerprint density at radius 3 is 1.94 bits per heavy atom. The number of aromatic nitrogens is 1. The second-order valence-electron chi connectivity index (χ2n) is 6.99. The van der Waals surface area contributed by atoms with Gasteiger partial charge < -0.3 is 9.84 Å². The number of aliphatic hydroxyl groups excluding tert-OH is 1. The molecule has 3 rings (SSSR count). The Bertz CT molecular complexity index is 1120. The first-order valence-electron chi connectivity index (χ1n) is 10.4. The molecule has 0 bridgehead atoms. The van der Waals surface area contributed by atoms with Crippen molar-refractivity contribution in [3.05, 3.63) is 93.5 Å². The predicted octanol–water partition coefficient (Wildman–Crippen LogP) is 6.84. The standard InChI is InChI=1S/C21H15F6NO2.C2H6.CH3NO2/c1-12-2-8-16(17(22)10-12)19(29)20(23,24)18-9-5-14(11-28-18)13-3-6-15(7-4-13)30-21(25,26)27;1-2;1-2(3)4/h2-11,19,29H,1H3;1-2H3;1H3. The Hall–Kier alpha value is -3.67. The number of rotatable bonds is 5. The van der Waals surface area contributed by atoms with Gasteiger partial charge in [0.1, 0.15) is 17.3 Å². The van der Waals surface area contributed by atoms with Crippen molar-refractivity contribution < 1.29 is 41.1 Å². The minimum absolute atomic E-state index is 0.351. The number of halogens is 6. The molecule has 1 aromatic heterocycles. The van der Waals surface area contributed by atoms with Gasteiger partial charge in [-0.25, -0.2) is 4.39 Å². The largest absolute Gasteiger partial charge is 0.573 e. The number of benzene rings is 2. The molecule has 0 radical (unpaired) electrons. The monoisotopic (exact) mass is 518 g/mol. The molecule has 1 atom stereocenters. The summed E-state index contributed by atoms with van der Waals surface area (Å²) in [5.41, 5.74) is -0.0606. The third kappa shape index (κ3) is 8.84. The third-order valence-corrected chi connectivity index (χ3v) is 4.32. The number of nitro groups is 1. The van der Waals surface area contributed by atoms with Crippen molar-refractivity contribution in [3.63, 3.8) is 0 Å². The van der Waals surface area contributed by atoms with Crippen LogP contribution in [0.1, 0.15) is 36.8 Å². The van der Waals surface area contributed by atoms with Crippen LogP contribution in [0.5, 0.6) is 5.75 Å². The van der Waals surface area contributed by atoms with Gasteiger partial charge in [-0.15, -0.1) is 13.2 Å². The number of ether oxygens (including phenoxy) is 1. The van der Waals surface area contributed by atoms with E-state index in [1.807, 2.05) is 13.8 Å². The summed E-state index contributed by atoms with van der Waals surface area (Å²) in [6.07, 6.45) is -6.19. The van der Waals surface area contributed by atoms with E-state index in [-0.39, 0.29) is 0 Å². The zero-order chi connectivity index (χ0) is 27.7. The molecule has 1 N–H and O–H groups in total. The van der Waals surface area contributed by atoms with Crippen LogP contribution in [0.2, 0.25) is 0 Å². The van der Waals surface area contributed by atoms with E-state index in [9.17, 15) is 31.4 Å². The maximum absolute atomic E-state index is 14.7. The van der Waals surface area contributed by atoms with Crippen LogP contribution in [0.25, 0.3) is 11.1 Å². The number of hydrogen-bond donors (Lipinski definition) is 1. The van der Waals surface area contributed by atoms with Gasteiger partial charge >= 0.3 is 12.3 Å². The first-order valence-corrected chi connectivity index (χ1v) is 10.4. The molecule has 3 aromatic rings. The quantitative estimate of drug-likeness (QED) is 0.227. The van der Waals surface area contributed by atoms with Crippen molar-refractivity contribution in [1.29, 1.82) is 0 Å². The lowest BCUT2D eigenvalue weighted by molar-refractivity contribution is -0.445. The zero-order valence-electron chi connectivity index (χ0n) is 19.7. The SMILES string of the molecule is CC.C[N+](=O)[O-].Cc1ccc(C(O)C(F)(F)c2ccc(-c3ccc(OC(F)(F)F)cc3)cn2)c(F)c1. The smallest absolute Gasteiger partial charge is 0.406 e. The molecule has 1 unspecified atom stereocenters. The molecule has 0 aliphatic rings. The Morgan fingerprint density at radius 1 is 0.972 bits per heavy atom. The minimum atomic E-state index is -4.83. The fraction of sp³-hybridized carbons (Fsp3) is 0.292. The van der Waals surface area contributed by atoms with Crippen LogP contribution >= 0.6 is 0 Å². The van der Waals surface area contributed by atoms with E-state index in [0.29, 0.717) is 16.7 Å². The van der Waals surface area contributed by atoms with Crippen LogP contribution in [0.3, 0.4) is 0 Å². The average molecular weight is 518 g/mol.